The number of aromatic carboxylic acids is 1. The molecule has 0 bridgehead atoms. The minimum atomic E-state index is -1.04. The average Bonchev–Trinajstić information content (AvgIpc) is 3.06. The van der Waals surface area contributed by atoms with Gasteiger partial charge in [-0.15, -0.1) is 11.3 Å². The van der Waals surface area contributed by atoms with Gasteiger partial charge in [0.2, 0.25) is 0 Å². The van der Waals surface area contributed by atoms with Crippen LogP contribution in [0, 0.1) is 0 Å². The van der Waals surface area contributed by atoms with Gasteiger partial charge in [-0.05, 0) is 28.1 Å². The molecule has 1 aromatic carbocycles. The number of benzene rings is 1. The first-order chi connectivity index (χ1) is 9.65. The zero-order valence-corrected chi connectivity index (χ0v) is 12.4. The fraction of sp³-hybridized carbons (Fsp3) is 0. The lowest BCUT2D eigenvalue weighted by Crippen LogP contribution is -1.96. The molecule has 5 nitrogen and oxygen atoms in total. The molecule has 0 atom stereocenters. The summed E-state index contributed by atoms with van der Waals surface area (Å²) < 4.78 is 2.49. The second-order valence-corrected chi connectivity index (χ2v) is 5.66. The number of carbonyl (C=O) groups is 1. The molecule has 7 heteroatoms. The van der Waals surface area contributed by atoms with Crippen LogP contribution in [0.3, 0.4) is 0 Å². The third kappa shape index (κ3) is 2.37. The number of carboxylic acid groups (broad SMARTS) is 1. The second kappa shape index (κ2) is 5.18. The largest absolute Gasteiger partial charge is 0.476 e. The van der Waals surface area contributed by atoms with E-state index in [0.29, 0.717) is 10.7 Å². The van der Waals surface area contributed by atoms with Crippen LogP contribution in [0.15, 0.2) is 46.4 Å². The number of hydrogen-bond acceptors (Lipinski definition) is 4. The van der Waals surface area contributed by atoms with Crippen molar-refractivity contribution in [2.45, 2.75) is 0 Å². The summed E-state index contributed by atoms with van der Waals surface area (Å²) in [4.78, 5) is 14.9. The average molecular weight is 350 g/mol. The number of hydrogen-bond donors (Lipinski definition) is 1. The van der Waals surface area contributed by atoms with Crippen molar-refractivity contribution in [1.29, 1.82) is 0 Å². The summed E-state index contributed by atoms with van der Waals surface area (Å²) in [5.74, 6) is -1.04. The lowest BCUT2D eigenvalue weighted by Gasteiger charge is -1.98. The molecule has 2 aromatic heterocycles. The first kappa shape index (κ1) is 13.0. The first-order valence-electron chi connectivity index (χ1n) is 5.65. The van der Waals surface area contributed by atoms with E-state index in [4.69, 9.17) is 5.11 Å². The zero-order valence-electron chi connectivity index (χ0n) is 10.0. The Morgan fingerprint density at radius 1 is 1.30 bits per heavy atom. The third-order valence-electron chi connectivity index (χ3n) is 2.62. The molecule has 3 aromatic rings. The van der Waals surface area contributed by atoms with E-state index in [1.54, 1.807) is 4.68 Å². The number of rotatable bonds is 3. The van der Waals surface area contributed by atoms with E-state index in [0.717, 1.165) is 10.2 Å². The quantitative estimate of drug-likeness (QED) is 0.786. The Morgan fingerprint density at radius 2 is 2.05 bits per heavy atom. The van der Waals surface area contributed by atoms with Gasteiger partial charge in [0.15, 0.2) is 5.69 Å². The summed E-state index contributed by atoms with van der Waals surface area (Å²) in [7, 11) is 0. The second-order valence-electron chi connectivity index (χ2n) is 3.95. The molecule has 0 aliphatic heterocycles. The standard InChI is InChI=1S/C13H8BrN3O2S/c14-9-6-17(8-4-2-1-3-5-8)16-11(9)12-15-10(7-20-12)13(18)19/h1-7H,(H,18,19). The molecule has 0 amide bonds. The van der Waals surface area contributed by atoms with E-state index >= 15 is 0 Å². The molecule has 0 fully saturated rings. The number of thiazole rings is 1. The van der Waals surface area contributed by atoms with Gasteiger partial charge in [-0.1, -0.05) is 18.2 Å². The van der Waals surface area contributed by atoms with Gasteiger partial charge in [-0.25, -0.2) is 14.5 Å². The predicted octanol–water partition coefficient (Wildman–Crippen LogP) is 3.46. The van der Waals surface area contributed by atoms with Crippen molar-refractivity contribution >= 4 is 33.2 Å². The summed E-state index contributed by atoms with van der Waals surface area (Å²) in [6, 6.07) is 9.66. The van der Waals surface area contributed by atoms with Crippen molar-refractivity contribution in [3.05, 3.63) is 52.1 Å². The van der Waals surface area contributed by atoms with E-state index in [1.165, 1.54) is 16.7 Å². The summed E-state index contributed by atoms with van der Waals surface area (Å²) in [5.41, 5.74) is 1.59. The van der Waals surface area contributed by atoms with Gasteiger partial charge in [0.25, 0.3) is 0 Å². The Kier molecular flexibility index (Phi) is 3.37. The number of nitrogens with zero attached hydrogens (tertiary/aromatic N) is 3. The highest BCUT2D eigenvalue weighted by Crippen LogP contribution is 2.30. The molecule has 0 spiro atoms. The molecule has 3 rings (SSSR count). The van der Waals surface area contributed by atoms with Gasteiger partial charge in [0.1, 0.15) is 10.7 Å². The summed E-state index contributed by atoms with van der Waals surface area (Å²) in [6.07, 6.45) is 1.83. The fourth-order valence-corrected chi connectivity index (χ4v) is 3.07. The van der Waals surface area contributed by atoms with Crippen LogP contribution in [0.5, 0.6) is 0 Å². The normalized spacial score (nSPS) is 10.7. The lowest BCUT2D eigenvalue weighted by molar-refractivity contribution is 0.0691. The van der Waals surface area contributed by atoms with Crippen molar-refractivity contribution in [2.24, 2.45) is 0 Å². The van der Waals surface area contributed by atoms with Crippen molar-refractivity contribution in [3.63, 3.8) is 0 Å². The van der Waals surface area contributed by atoms with Crippen LogP contribution in [0.2, 0.25) is 0 Å². The van der Waals surface area contributed by atoms with Gasteiger partial charge in [-0.2, -0.15) is 5.10 Å². The van der Waals surface area contributed by atoms with E-state index < -0.39 is 5.97 Å². The van der Waals surface area contributed by atoms with E-state index in [9.17, 15) is 4.79 Å². The highest BCUT2D eigenvalue weighted by Gasteiger charge is 2.16. The van der Waals surface area contributed by atoms with E-state index in [2.05, 4.69) is 26.0 Å². The van der Waals surface area contributed by atoms with Gasteiger partial charge in [-0.3, -0.25) is 0 Å². The van der Waals surface area contributed by atoms with Crippen molar-refractivity contribution < 1.29 is 9.90 Å². The molecule has 2 heterocycles. The van der Waals surface area contributed by atoms with Crippen LogP contribution < -0.4 is 0 Å². The van der Waals surface area contributed by atoms with E-state index in [-0.39, 0.29) is 5.69 Å². The lowest BCUT2D eigenvalue weighted by atomic mass is 10.3. The molecule has 0 saturated carbocycles. The predicted molar refractivity (Wildman–Crippen MR) is 79.3 cm³/mol. The number of halogens is 1. The number of carboxylic acids is 1. The number of para-hydroxylation sites is 1. The molecule has 0 aliphatic rings. The Hall–Kier alpha value is -1.99. The molecule has 0 saturated heterocycles. The van der Waals surface area contributed by atoms with Gasteiger partial charge >= 0.3 is 5.97 Å². The smallest absolute Gasteiger partial charge is 0.355 e. The number of aromatic nitrogens is 3. The molecule has 1 N–H and O–H groups in total. The van der Waals surface area contributed by atoms with E-state index in [1.807, 2.05) is 36.5 Å². The highest BCUT2D eigenvalue weighted by molar-refractivity contribution is 9.10. The highest BCUT2D eigenvalue weighted by atomic mass is 79.9. The summed E-state index contributed by atoms with van der Waals surface area (Å²) in [6.45, 7) is 0. The van der Waals surface area contributed by atoms with Crippen LogP contribution in [-0.2, 0) is 0 Å². The monoisotopic (exact) mass is 349 g/mol. The SMILES string of the molecule is O=C(O)c1csc(-c2nn(-c3ccccc3)cc2Br)n1. The van der Waals surface area contributed by atoms with Crippen molar-refractivity contribution in [2.75, 3.05) is 0 Å². The Balaban J connectivity index is 2.02. The Labute approximate surface area is 126 Å². The maximum Gasteiger partial charge on any atom is 0.355 e. The van der Waals surface area contributed by atoms with Crippen LogP contribution >= 0.6 is 27.3 Å². The Morgan fingerprint density at radius 3 is 2.70 bits per heavy atom. The van der Waals surface area contributed by atoms with Gasteiger partial charge in [0, 0.05) is 11.6 Å². The molecular weight excluding hydrogens is 342 g/mol. The summed E-state index contributed by atoms with van der Waals surface area (Å²) in [5, 5.41) is 15.4. The van der Waals surface area contributed by atoms with Crippen LogP contribution in [0.4, 0.5) is 0 Å². The van der Waals surface area contributed by atoms with Gasteiger partial charge in [0.05, 0.1) is 10.2 Å². The van der Waals surface area contributed by atoms with Crippen molar-refractivity contribution in [3.8, 4) is 16.4 Å². The van der Waals surface area contributed by atoms with Crippen LogP contribution in [0.25, 0.3) is 16.4 Å². The van der Waals surface area contributed by atoms with Crippen molar-refractivity contribution in [1.82, 2.24) is 14.8 Å². The fourth-order valence-electron chi connectivity index (χ4n) is 1.69. The molecule has 0 aliphatic carbocycles. The third-order valence-corrected chi connectivity index (χ3v) is 4.05. The van der Waals surface area contributed by atoms with Crippen LogP contribution in [-0.4, -0.2) is 25.8 Å². The topological polar surface area (TPSA) is 68.0 Å². The molecule has 20 heavy (non-hydrogen) atoms. The van der Waals surface area contributed by atoms with Crippen LogP contribution in [0.1, 0.15) is 10.5 Å². The maximum absolute atomic E-state index is 10.9. The molecule has 100 valence electrons. The minimum Gasteiger partial charge on any atom is -0.476 e. The minimum absolute atomic E-state index is 0.0335. The summed E-state index contributed by atoms with van der Waals surface area (Å²) >= 11 is 4.69. The first-order valence-corrected chi connectivity index (χ1v) is 7.32. The zero-order chi connectivity index (χ0) is 14.1. The molecular formula is C13H8BrN3O2S. The Bertz CT molecular complexity index is 767. The maximum atomic E-state index is 10.9. The molecule has 0 unspecified atom stereocenters. The van der Waals surface area contributed by atoms with Gasteiger partial charge < -0.3 is 5.11 Å². The molecule has 0 radical (unpaired) electrons.